The van der Waals surface area contributed by atoms with Gasteiger partial charge in [0.15, 0.2) is 5.78 Å². The van der Waals surface area contributed by atoms with Crippen LogP contribution in [-0.4, -0.2) is 73.7 Å². The Morgan fingerprint density at radius 2 is 2.05 bits per heavy atom. The van der Waals surface area contributed by atoms with Gasteiger partial charge in [0.25, 0.3) is 0 Å². The predicted octanol–water partition coefficient (Wildman–Crippen LogP) is 0.875. The Kier molecular flexibility index (Phi) is 5.33. The van der Waals surface area contributed by atoms with E-state index in [0.29, 0.717) is 18.7 Å². The summed E-state index contributed by atoms with van der Waals surface area (Å²) in [6, 6.07) is 7.40. The van der Waals surface area contributed by atoms with Crippen molar-refractivity contribution >= 4 is 5.78 Å². The van der Waals surface area contributed by atoms with Crippen molar-refractivity contribution in [1.29, 1.82) is 0 Å². The van der Waals surface area contributed by atoms with E-state index in [0.717, 1.165) is 18.7 Å². The lowest BCUT2D eigenvalue weighted by atomic mass is 10.1. The van der Waals surface area contributed by atoms with E-state index >= 15 is 0 Å². The minimum atomic E-state index is -0.335. The average Bonchev–Trinajstić information content (AvgIpc) is 2.77. The van der Waals surface area contributed by atoms with Gasteiger partial charge in [-0.1, -0.05) is 0 Å². The molecule has 2 unspecified atom stereocenters. The Balaban J connectivity index is 1.99. The van der Waals surface area contributed by atoms with E-state index in [4.69, 9.17) is 4.74 Å². The quantitative estimate of drug-likeness (QED) is 0.789. The van der Waals surface area contributed by atoms with Crippen molar-refractivity contribution in [2.24, 2.45) is 0 Å². The Morgan fingerprint density at radius 3 is 2.62 bits per heavy atom. The van der Waals surface area contributed by atoms with Crippen LogP contribution in [0.4, 0.5) is 0 Å². The zero-order valence-electron chi connectivity index (χ0n) is 13.0. The van der Waals surface area contributed by atoms with Crippen LogP contribution in [0.25, 0.3) is 0 Å². The van der Waals surface area contributed by atoms with Gasteiger partial charge in [-0.2, -0.15) is 0 Å². The first kappa shape index (κ1) is 15.9. The summed E-state index contributed by atoms with van der Waals surface area (Å²) < 4.78 is 5.10. The number of β-amino-alcohol motifs (C(OH)–C–C–N with tert-alkyl or cyclic N) is 1. The molecule has 5 nitrogen and oxygen atoms in total. The fourth-order valence-corrected chi connectivity index (χ4v) is 2.82. The zero-order chi connectivity index (χ0) is 15.4. The molecule has 0 aromatic heterocycles. The summed E-state index contributed by atoms with van der Waals surface area (Å²) in [5, 5.41) is 9.85. The molecule has 1 aliphatic rings. The molecular weight excluding hydrogens is 268 g/mol. The number of benzene rings is 1. The molecule has 1 saturated heterocycles. The molecule has 1 fully saturated rings. The van der Waals surface area contributed by atoms with Crippen molar-refractivity contribution in [3.8, 4) is 5.75 Å². The molecule has 1 aliphatic heterocycles. The second kappa shape index (κ2) is 7.02. The van der Waals surface area contributed by atoms with Gasteiger partial charge in [-0.05, 0) is 44.8 Å². The van der Waals surface area contributed by atoms with Gasteiger partial charge in [0.1, 0.15) is 5.75 Å². The third kappa shape index (κ3) is 4.27. The molecule has 2 atom stereocenters. The number of carbonyl (C=O) groups excluding carboxylic acids is 1. The van der Waals surface area contributed by atoms with E-state index in [1.165, 1.54) is 0 Å². The van der Waals surface area contributed by atoms with Crippen LogP contribution in [0.1, 0.15) is 16.8 Å². The second-order valence-corrected chi connectivity index (χ2v) is 5.89. The number of nitrogens with zero attached hydrogens (tertiary/aromatic N) is 2. The van der Waals surface area contributed by atoms with Crippen LogP contribution in [0.15, 0.2) is 24.3 Å². The number of rotatable bonds is 6. The standard InChI is InChI=1S/C16H24N2O3/c1-17(2)9-13-8-14(19)10-18(13)11-16(20)12-4-6-15(21-3)7-5-12/h4-7,13-14,19H,8-11H2,1-3H3. The van der Waals surface area contributed by atoms with Crippen LogP contribution in [0.3, 0.4) is 0 Å². The van der Waals surface area contributed by atoms with E-state index in [-0.39, 0.29) is 17.9 Å². The lowest BCUT2D eigenvalue weighted by molar-refractivity contribution is 0.0902. The van der Waals surface area contributed by atoms with Crippen molar-refractivity contribution in [2.75, 3.05) is 40.8 Å². The average molecular weight is 292 g/mol. The molecule has 1 N–H and O–H groups in total. The Morgan fingerprint density at radius 1 is 1.38 bits per heavy atom. The first-order valence-corrected chi connectivity index (χ1v) is 7.23. The van der Waals surface area contributed by atoms with Crippen LogP contribution >= 0.6 is 0 Å². The third-order valence-electron chi connectivity index (χ3n) is 3.84. The van der Waals surface area contributed by atoms with Crippen molar-refractivity contribution < 1.29 is 14.6 Å². The van der Waals surface area contributed by atoms with Gasteiger partial charge in [-0.3, -0.25) is 9.69 Å². The van der Waals surface area contributed by atoms with Crippen molar-refractivity contribution in [1.82, 2.24) is 9.80 Å². The summed E-state index contributed by atoms with van der Waals surface area (Å²) in [7, 11) is 5.62. The fourth-order valence-electron chi connectivity index (χ4n) is 2.82. The Labute approximate surface area is 126 Å². The van der Waals surface area contributed by atoms with Gasteiger partial charge in [-0.15, -0.1) is 0 Å². The lowest BCUT2D eigenvalue weighted by Crippen LogP contribution is -2.40. The fraction of sp³-hybridized carbons (Fsp3) is 0.562. The number of ketones is 1. The molecule has 1 aromatic rings. The predicted molar refractivity (Wildman–Crippen MR) is 81.9 cm³/mol. The molecule has 0 radical (unpaired) electrons. The minimum Gasteiger partial charge on any atom is -0.497 e. The van der Waals surface area contributed by atoms with Crippen LogP contribution < -0.4 is 4.74 Å². The van der Waals surface area contributed by atoms with Gasteiger partial charge < -0.3 is 14.7 Å². The van der Waals surface area contributed by atoms with E-state index in [9.17, 15) is 9.90 Å². The van der Waals surface area contributed by atoms with Crippen molar-refractivity contribution in [3.05, 3.63) is 29.8 Å². The first-order chi connectivity index (χ1) is 9.99. The number of hydrogen-bond acceptors (Lipinski definition) is 5. The van der Waals surface area contributed by atoms with Gasteiger partial charge in [0.2, 0.25) is 0 Å². The minimum absolute atomic E-state index is 0.0792. The largest absolute Gasteiger partial charge is 0.497 e. The van der Waals surface area contributed by atoms with E-state index in [1.807, 2.05) is 14.1 Å². The molecule has 2 rings (SSSR count). The zero-order valence-corrected chi connectivity index (χ0v) is 13.0. The number of carbonyl (C=O) groups is 1. The number of ether oxygens (including phenoxy) is 1. The highest BCUT2D eigenvalue weighted by Crippen LogP contribution is 2.19. The van der Waals surface area contributed by atoms with Gasteiger partial charge in [-0.25, -0.2) is 0 Å². The molecule has 21 heavy (non-hydrogen) atoms. The number of methoxy groups -OCH3 is 1. The number of Topliss-reactive ketones (excluding diaryl/α,β-unsaturated/α-hetero) is 1. The number of likely N-dealkylation sites (N-methyl/N-ethyl adjacent to an activating group) is 1. The Hall–Kier alpha value is -1.43. The van der Waals surface area contributed by atoms with Gasteiger partial charge in [0, 0.05) is 24.7 Å². The smallest absolute Gasteiger partial charge is 0.176 e. The topological polar surface area (TPSA) is 53.0 Å². The van der Waals surface area contributed by atoms with Gasteiger partial charge >= 0.3 is 0 Å². The molecule has 5 heteroatoms. The maximum absolute atomic E-state index is 12.4. The van der Waals surface area contributed by atoms with Crippen molar-refractivity contribution in [2.45, 2.75) is 18.6 Å². The number of aliphatic hydroxyl groups is 1. The number of aliphatic hydroxyl groups excluding tert-OH is 1. The highest BCUT2D eigenvalue weighted by atomic mass is 16.5. The molecule has 1 heterocycles. The Bertz CT molecular complexity index is 473. The highest BCUT2D eigenvalue weighted by molar-refractivity contribution is 5.97. The third-order valence-corrected chi connectivity index (χ3v) is 3.84. The SMILES string of the molecule is COc1ccc(C(=O)CN2CC(O)CC2CN(C)C)cc1. The van der Waals surface area contributed by atoms with Crippen LogP contribution in [0.2, 0.25) is 0 Å². The van der Waals surface area contributed by atoms with Crippen LogP contribution in [-0.2, 0) is 0 Å². The molecule has 0 aliphatic carbocycles. The molecule has 0 amide bonds. The first-order valence-electron chi connectivity index (χ1n) is 7.23. The summed E-state index contributed by atoms with van der Waals surface area (Å²) in [6.45, 7) is 1.77. The number of likely N-dealkylation sites (tertiary alicyclic amines) is 1. The number of hydrogen-bond donors (Lipinski definition) is 1. The van der Waals surface area contributed by atoms with E-state index < -0.39 is 0 Å². The maximum Gasteiger partial charge on any atom is 0.176 e. The molecule has 1 aromatic carbocycles. The molecule has 116 valence electrons. The lowest BCUT2D eigenvalue weighted by Gasteiger charge is -2.26. The molecule has 0 saturated carbocycles. The van der Waals surface area contributed by atoms with E-state index in [1.54, 1.807) is 31.4 Å². The van der Waals surface area contributed by atoms with E-state index in [2.05, 4.69) is 9.80 Å². The van der Waals surface area contributed by atoms with Gasteiger partial charge in [0.05, 0.1) is 19.8 Å². The van der Waals surface area contributed by atoms with Crippen LogP contribution in [0.5, 0.6) is 5.75 Å². The summed E-state index contributed by atoms with van der Waals surface area (Å²) >= 11 is 0. The summed E-state index contributed by atoms with van der Waals surface area (Å²) in [4.78, 5) is 16.5. The molecule has 0 spiro atoms. The maximum atomic E-state index is 12.4. The normalized spacial score (nSPS) is 22.7. The summed E-state index contributed by atoms with van der Waals surface area (Å²) in [5.41, 5.74) is 0.681. The van der Waals surface area contributed by atoms with Crippen molar-refractivity contribution in [3.63, 3.8) is 0 Å². The summed E-state index contributed by atoms with van der Waals surface area (Å²) in [5.74, 6) is 0.823. The highest BCUT2D eigenvalue weighted by Gasteiger charge is 2.32. The van der Waals surface area contributed by atoms with Crippen LogP contribution in [0, 0.1) is 0 Å². The molecule has 0 bridgehead atoms. The molecular formula is C16H24N2O3. The summed E-state index contributed by atoms with van der Waals surface area (Å²) in [6.07, 6.45) is 0.396. The second-order valence-electron chi connectivity index (χ2n) is 5.89. The monoisotopic (exact) mass is 292 g/mol.